The molecule has 1 N–H and O–H groups in total. The summed E-state index contributed by atoms with van der Waals surface area (Å²) in [7, 11) is 0. The first-order valence-electron chi connectivity index (χ1n) is 11.0. The van der Waals surface area contributed by atoms with Crippen molar-refractivity contribution in [3.8, 4) is 0 Å². The monoisotopic (exact) mass is 522 g/mol. The Morgan fingerprint density at radius 3 is 2.80 bits per heavy atom. The fourth-order valence-corrected chi connectivity index (χ4v) is 4.37. The number of halogens is 3. The second-order valence-corrected chi connectivity index (χ2v) is 9.27. The number of aldehydes is 1. The maximum absolute atomic E-state index is 14.5. The number of carbonyl (C=O) groups excluding carboxylic acids is 2. The van der Waals surface area contributed by atoms with Gasteiger partial charge in [-0.2, -0.15) is 0 Å². The van der Waals surface area contributed by atoms with Gasteiger partial charge < -0.3 is 5.32 Å². The largest absolute Gasteiger partial charge is 0.321 e. The molecule has 0 aliphatic rings. The SMILES string of the molecule is CC(C)Cc1ncc(F)c2cc(Cn3c(Cl)ccc(NC(=O)CCC/C=C/C=O)c3=O)n(SF)c12. The molecular weight excluding hydrogens is 498 g/mol. The highest BCUT2D eigenvalue weighted by atomic mass is 35.5. The Balaban J connectivity index is 1.91. The zero-order valence-corrected chi connectivity index (χ0v) is 20.8. The van der Waals surface area contributed by atoms with Gasteiger partial charge in [0.25, 0.3) is 5.56 Å². The van der Waals surface area contributed by atoms with Gasteiger partial charge in [-0.05, 0) is 49.5 Å². The third-order valence-electron chi connectivity index (χ3n) is 5.27. The summed E-state index contributed by atoms with van der Waals surface area (Å²) >= 11 is 6.16. The molecule has 186 valence electrons. The summed E-state index contributed by atoms with van der Waals surface area (Å²) in [6, 6.07) is 4.33. The molecule has 0 aromatic carbocycles. The molecule has 0 aliphatic heterocycles. The Labute approximate surface area is 210 Å². The molecule has 11 heteroatoms. The van der Waals surface area contributed by atoms with Gasteiger partial charge in [-0.15, -0.1) is 3.89 Å². The predicted octanol–water partition coefficient (Wildman–Crippen LogP) is 5.48. The van der Waals surface area contributed by atoms with Crippen molar-refractivity contribution < 1.29 is 17.9 Å². The van der Waals surface area contributed by atoms with Crippen molar-refractivity contribution in [3.05, 3.63) is 69.3 Å². The molecule has 0 spiro atoms. The highest BCUT2D eigenvalue weighted by Gasteiger charge is 2.20. The first-order valence-corrected chi connectivity index (χ1v) is 12.1. The van der Waals surface area contributed by atoms with Crippen LogP contribution in [-0.2, 0) is 22.6 Å². The zero-order chi connectivity index (χ0) is 25.5. The van der Waals surface area contributed by atoms with Crippen LogP contribution in [0.1, 0.15) is 44.5 Å². The van der Waals surface area contributed by atoms with Crippen molar-refractivity contribution in [2.24, 2.45) is 5.92 Å². The molecule has 7 nitrogen and oxygen atoms in total. The number of aromatic nitrogens is 3. The van der Waals surface area contributed by atoms with Crippen LogP contribution in [0, 0.1) is 11.7 Å². The van der Waals surface area contributed by atoms with Crippen LogP contribution in [0.2, 0.25) is 5.15 Å². The zero-order valence-electron chi connectivity index (χ0n) is 19.3. The molecule has 0 unspecified atom stereocenters. The Morgan fingerprint density at radius 1 is 1.34 bits per heavy atom. The standard InChI is InChI=1S/C24H25ClF2N4O3S/c1-15(2)11-20-23-17(18(26)13-28-20)12-16(31(23)35-27)14-30-21(25)9-8-19(24(30)34)29-22(33)7-5-3-4-6-10-32/h4,6,8-10,12-13,15H,3,5,7,11,14H2,1-2H3,(H,29,33)/b6-4+. The molecular formula is C24H25ClF2N4O3S. The number of hydrogen-bond acceptors (Lipinski definition) is 5. The van der Waals surface area contributed by atoms with E-state index in [1.807, 2.05) is 13.8 Å². The van der Waals surface area contributed by atoms with Gasteiger partial charge in [0.1, 0.15) is 17.1 Å². The second kappa shape index (κ2) is 12.1. The molecule has 0 saturated carbocycles. The van der Waals surface area contributed by atoms with E-state index in [-0.39, 0.29) is 53.4 Å². The van der Waals surface area contributed by atoms with Gasteiger partial charge in [-0.25, -0.2) is 4.39 Å². The molecule has 1 amide bonds. The van der Waals surface area contributed by atoms with Gasteiger partial charge in [-0.3, -0.25) is 27.9 Å². The van der Waals surface area contributed by atoms with Gasteiger partial charge in [0.05, 0.1) is 29.6 Å². The van der Waals surface area contributed by atoms with E-state index in [4.69, 9.17) is 11.6 Å². The first kappa shape index (κ1) is 26.6. The van der Waals surface area contributed by atoms with Crippen molar-refractivity contribution in [1.29, 1.82) is 0 Å². The van der Waals surface area contributed by atoms with Crippen LogP contribution in [0.15, 0.2) is 41.3 Å². The van der Waals surface area contributed by atoms with Gasteiger partial charge in [-0.1, -0.05) is 31.5 Å². The summed E-state index contributed by atoms with van der Waals surface area (Å²) in [6.07, 6.45) is 6.52. The number of rotatable bonds is 11. The van der Waals surface area contributed by atoms with Crippen LogP contribution in [-0.4, -0.2) is 25.7 Å². The lowest BCUT2D eigenvalue weighted by Gasteiger charge is -2.13. The summed E-state index contributed by atoms with van der Waals surface area (Å²) in [5.74, 6) is -0.745. The summed E-state index contributed by atoms with van der Waals surface area (Å²) < 4.78 is 31.0. The van der Waals surface area contributed by atoms with Crippen LogP contribution in [0.5, 0.6) is 0 Å². The minimum absolute atomic E-state index is 0.0201. The van der Waals surface area contributed by atoms with E-state index < -0.39 is 11.4 Å². The second-order valence-electron chi connectivity index (χ2n) is 8.38. The van der Waals surface area contributed by atoms with Crippen molar-refractivity contribution in [2.75, 3.05) is 5.32 Å². The first-order chi connectivity index (χ1) is 16.8. The number of allylic oxidation sites excluding steroid dienone is 2. The van der Waals surface area contributed by atoms with Crippen molar-refractivity contribution >= 4 is 52.7 Å². The Kier molecular flexibility index (Phi) is 9.22. The van der Waals surface area contributed by atoms with E-state index >= 15 is 0 Å². The molecule has 0 bridgehead atoms. The Morgan fingerprint density at radius 2 is 2.11 bits per heavy atom. The van der Waals surface area contributed by atoms with E-state index in [0.717, 1.165) is 6.20 Å². The molecule has 3 aromatic heterocycles. The molecule has 3 rings (SSSR count). The lowest BCUT2D eigenvalue weighted by Crippen LogP contribution is -2.27. The molecule has 0 fully saturated rings. The molecule has 3 heterocycles. The van der Waals surface area contributed by atoms with Crippen LogP contribution in [0.3, 0.4) is 0 Å². The normalized spacial score (nSPS) is 11.6. The fourth-order valence-electron chi connectivity index (χ4n) is 3.70. The average molecular weight is 523 g/mol. The number of carbonyl (C=O) groups is 2. The van der Waals surface area contributed by atoms with Crippen LogP contribution in [0.25, 0.3) is 10.9 Å². The van der Waals surface area contributed by atoms with Gasteiger partial charge in [0.2, 0.25) is 5.91 Å². The highest BCUT2D eigenvalue weighted by molar-refractivity contribution is 7.93. The van der Waals surface area contributed by atoms with Crippen molar-refractivity contribution in [1.82, 2.24) is 13.5 Å². The average Bonchev–Trinajstić information content (AvgIpc) is 3.19. The van der Waals surface area contributed by atoms with E-state index in [1.165, 1.54) is 32.8 Å². The number of fused-ring (bicyclic) bond motifs is 1. The van der Waals surface area contributed by atoms with E-state index in [9.17, 15) is 22.7 Å². The maximum atomic E-state index is 14.5. The Hall–Kier alpha value is -2.98. The van der Waals surface area contributed by atoms with Gasteiger partial charge >= 0.3 is 0 Å². The molecule has 35 heavy (non-hydrogen) atoms. The highest BCUT2D eigenvalue weighted by Crippen LogP contribution is 2.31. The molecule has 3 aromatic rings. The van der Waals surface area contributed by atoms with E-state index in [2.05, 4.69) is 10.3 Å². The minimum atomic E-state index is -0.594. The summed E-state index contributed by atoms with van der Waals surface area (Å²) in [6.45, 7) is 3.81. The molecule has 0 saturated heterocycles. The third-order valence-corrected chi connectivity index (χ3v) is 6.15. The quantitative estimate of drug-likeness (QED) is 0.156. The van der Waals surface area contributed by atoms with Crippen molar-refractivity contribution in [2.45, 2.75) is 46.1 Å². The number of amides is 1. The number of anilines is 1. The van der Waals surface area contributed by atoms with Gasteiger partial charge in [0, 0.05) is 11.8 Å². The summed E-state index contributed by atoms with van der Waals surface area (Å²) in [5, 5.41) is 2.85. The fraction of sp³-hybridized carbons (Fsp3) is 0.333. The predicted molar refractivity (Wildman–Crippen MR) is 135 cm³/mol. The lowest BCUT2D eigenvalue weighted by atomic mass is 10.1. The topological polar surface area (TPSA) is 86.0 Å². The molecule has 0 aliphatic carbocycles. The third kappa shape index (κ3) is 6.37. The maximum Gasteiger partial charge on any atom is 0.275 e. The number of pyridine rings is 2. The summed E-state index contributed by atoms with van der Waals surface area (Å²) in [4.78, 5) is 39.7. The summed E-state index contributed by atoms with van der Waals surface area (Å²) in [5.41, 5.74) is 0.618. The van der Waals surface area contributed by atoms with E-state index in [0.29, 0.717) is 42.5 Å². The number of nitrogens with one attached hydrogen (secondary N) is 1. The number of hydrogen-bond donors (Lipinski definition) is 1. The minimum Gasteiger partial charge on any atom is -0.321 e. The number of nitrogens with zero attached hydrogens (tertiary/aromatic N) is 3. The lowest BCUT2D eigenvalue weighted by molar-refractivity contribution is -0.116. The Bertz CT molecular complexity index is 1320. The molecule has 0 radical (unpaired) electrons. The van der Waals surface area contributed by atoms with Crippen molar-refractivity contribution in [3.63, 3.8) is 0 Å². The van der Waals surface area contributed by atoms with E-state index in [1.54, 1.807) is 6.08 Å². The van der Waals surface area contributed by atoms with Crippen LogP contribution >= 0.6 is 23.9 Å². The number of unbranched alkanes of at least 4 members (excludes halogenated alkanes) is 1. The van der Waals surface area contributed by atoms with Gasteiger partial charge in [0.15, 0.2) is 18.2 Å². The van der Waals surface area contributed by atoms with Crippen LogP contribution in [0.4, 0.5) is 14.0 Å². The smallest absolute Gasteiger partial charge is 0.275 e. The molecule has 0 atom stereocenters. The van der Waals surface area contributed by atoms with Crippen LogP contribution < -0.4 is 10.9 Å².